The topological polar surface area (TPSA) is 95.4 Å². The third-order valence-corrected chi connectivity index (χ3v) is 7.73. The lowest BCUT2D eigenvalue weighted by molar-refractivity contribution is 0.0700. The zero-order chi connectivity index (χ0) is 22.9. The predicted octanol–water partition coefficient (Wildman–Crippen LogP) is 2.38. The summed E-state index contributed by atoms with van der Waals surface area (Å²) in [4.78, 5) is 32.9. The van der Waals surface area contributed by atoms with E-state index in [4.69, 9.17) is 15.5 Å². The van der Waals surface area contributed by atoms with E-state index in [-0.39, 0.29) is 23.6 Å². The maximum absolute atomic E-state index is 13.4. The Bertz CT molecular complexity index is 1320. The first-order chi connectivity index (χ1) is 16.0. The van der Waals surface area contributed by atoms with E-state index >= 15 is 0 Å². The molecule has 2 N–H and O–H groups in total. The van der Waals surface area contributed by atoms with Crippen molar-refractivity contribution in [3.63, 3.8) is 0 Å². The second kappa shape index (κ2) is 7.45. The molecule has 3 heterocycles. The maximum atomic E-state index is 13.4. The highest BCUT2D eigenvalue weighted by molar-refractivity contribution is 6.00. The van der Waals surface area contributed by atoms with Crippen LogP contribution in [0, 0.1) is 11.8 Å². The van der Waals surface area contributed by atoms with Gasteiger partial charge in [0.05, 0.1) is 18.3 Å². The first-order valence-corrected chi connectivity index (χ1v) is 11.8. The van der Waals surface area contributed by atoms with Gasteiger partial charge in [0, 0.05) is 43.9 Å². The molecular weight excluding hydrogens is 418 g/mol. The highest BCUT2D eigenvalue weighted by atomic mass is 16.5. The molecule has 1 amide bonds. The number of pyridine rings is 1. The third kappa shape index (κ3) is 3.19. The Kier molecular flexibility index (Phi) is 4.62. The van der Waals surface area contributed by atoms with Crippen molar-refractivity contribution in [2.45, 2.75) is 44.3 Å². The number of carbonyl (C=O) groups excluding carboxylic acids is 1. The molecule has 6 rings (SSSR count). The van der Waals surface area contributed by atoms with E-state index < -0.39 is 0 Å². The zero-order valence-corrected chi connectivity index (χ0v) is 19.0. The average Bonchev–Trinajstić information content (AvgIpc) is 3.40. The smallest absolute Gasteiger partial charge is 0.254 e. The number of rotatable bonds is 5. The molecule has 2 bridgehead atoms. The van der Waals surface area contributed by atoms with Gasteiger partial charge in [-0.2, -0.15) is 0 Å². The second-order valence-corrected chi connectivity index (χ2v) is 9.78. The number of hydrogen-bond donors (Lipinski definition) is 1. The average molecular weight is 448 g/mol. The van der Waals surface area contributed by atoms with Crippen LogP contribution in [0.3, 0.4) is 0 Å². The number of nitrogens with zero attached hydrogens (tertiary/aromatic N) is 4. The molecule has 1 aromatic carbocycles. The molecule has 1 aliphatic heterocycles. The summed E-state index contributed by atoms with van der Waals surface area (Å²) in [5.41, 5.74) is 9.14. The molecule has 8 heteroatoms. The number of benzene rings is 1. The molecule has 8 nitrogen and oxygen atoms in total. The Morgan fingerprint density at radius 2 is 2.03 bits per heavy atom. The minimum absolute atomic E-state index is 0.0181. The van der Waals surface area contributed by atoms with Crippen molar-refractivity contribution < 1.29 is 9.53 Å². The van der Waals surface area contributed by atoms with Gasteiger partial charge in [0.1, 0.15) is 11.3 Å². The number of aryl methyl sites for hydroxylation is 1. The minimum atomic E-state index is -0.0188. The molecule has 0 spiro atoms. The summed E-state index contributed by atoms with van der Waals surface area (Å²) in [6.07, 6.45) is 4.38. The largest absolute Gasteiger partial charge is 0.494 e. The number of amides is 1. The van der Waals surface area contributed by atoms with Crippen LogP contribution in [-0.2, 0) is 13.6 Å². The second-order valence-electron chi connectivity index (χ2n) is 9.78. The van der Waals surface area contributed by atoms with Crippen LogP contribution in [-0.4, -0.2) is 50.7 Å². The van der Waals surface area contributed by atoms with E-state index in [0.717, 1.165) is 43.4 Å². The highest BCUT2D eigenvalue weighted by Crippen LogP contribution is 2.39. The lowest BCUT2D eigenvalue weighted by Crippen LogP contribution is -2.41. The van der Waals surface area contributed by atoms with Gasteiger partial charge in [-0.15, -0.1) is 0 Å². The summed E-state index contributed by atoms with van der Waals surface area (Å²) in [5, 5.41) is 0. The number of nitrogens with two attached hydrogens (primary N) is 1. The fraction of sp³-hybridized carbons (Fsp3) is 0.480. The predicted molar refractivity (Wildman–Crippen MR) is 125 cm³/mol. The van der Waals surface area contributed by atoms with Crippen LogP contribution >= 0.6 is 0 Å². The summed E-state index contributed by atoms with van der Waals surface area (Å²) >= 11 is 0. The summed E-state index contributed by atoms with van der Waals surface area (Å²) in [6, 6.07) is 9.14. The van der Waals surface area contributed by atoms with Crippen molar-refractivity contribution in [3.8, 4) is 17.3 Å². The lowest BCUT2D eigenvalue weighted by atomic mass is 10.1. The van der Waals surface area contributed by atoms with E-state index in [9.17, 15) is 9.59 Å². The van der Waals surface area contributed by atoms with Crippen LogP contribution in [0.5, 0.6) is 5.75 Å². The van der Waals surface area contributed by atoms with Crippen molar-refractivity contribution in [2.75, 3.05) is 13.7 Å². The molecule has 33 heavy (non-hydrogen) atoms. The molecule has 0 unspecified atom stereocenters. The normalized spacial score (nSPS) is 24.1. The van der Waals surface area contributed by atoms with Crippen LogP contribution in [0.25, 0.3) is 22.6 Å². The number of piperidine rings is 1. The lowest BCUT2D eigenvalue weighted by Gasteiger charge is -2.27. The molecule has 2 aliphatic carbocycles. The number of hydrogen-bond acceptors (Lipinski definition) is 5. The van der Waals surface area contributed by atoms with Crippen molar-refractivity contribution in [2.24, 2.45) is 24.6 Å². The molecule has 2 aromatic heterocycles. The van der Waals surface area contributed by atoms with E-state index in [1.54, 1.807) is 25.3 Å². The molecule has 0 radical (unpaired) electrons. The fourth-order valence-electron chi connectivity index (χ4n) is 5.73. The Morgan fingerprint density at radius 1 is 1.21 bits per heavy atom. The van der Waals surface area contributed by atoms with Crippen molar-refractivity contribution in [1.29, 1.82) is 0 Å². The SMILES string of the molecule is COc1cc(C(=O)N2C[C@H]3CC[C@@H]2[C@@H]3N)cc2nc(-c3cccc(=O)n3CC3CC3)n(C)c12. The molecule has 3 aliphatic rings. The Morgan fingerprint density at radius 3 is 2.70 bits per heavy atom. The minimum Gasteiger partial charge on any atom is -0.494 e. The molecule has 3 aromatic rings. The van der Waals surface area contributed by atoms with E-state index in [0.29, 0.717) is 41.0 Å². The number of methoxy groups -OCH3 is 1. The molecular formula is C25H29N5O3. The van der Waals surface area contributed by atoms with E-state index in [1.165, 1.54) is 0 Å². The Hall–Kier alpha value is -3.13. The number of aromatic nitrogens is 3. The molecule has 2 saturated carbocycles. The summed E-state index contributed by atoms with van der Waals surface area (Å²) in [7, 11) is 3.53. The van der Waals surface area contributed by atoms with Gasteiger partial charge in [0.2, 0.25) is 0 Å². The van der Waals surface area contributed by atoms with Crippen LogP contribution in [0.2, 0.25) is 0 Å². The number of likely N-dealkylation sites (tertiary alicyclic amines) is 1. The standard InChI is InChI=1S/C25H29N5O3/c1-28-23-17(27-24(28)19-4-3-5-21(31)29(19)12-14-6-7-14)10-16(11-20(23)33-2)25(32)30-13-15-8-9-18(30)22(15)26/h3-5,10-11,14-15,18,22H,6-9,12-13,26H2,1-2H3/t15-,18-,22-/m1/s1. The monoisotopic (exact) mass is 447 g/mol. The number of imidazole rings is 1. The summed E-state index contributed by atoms with van der Waals surface area (Å²) in [6.45, 7) is 1.42. The first-order valence-electron chi connectivity index (χ1n) is 11.8. The van der Waals surface area contributed by atoms with Gasteiger partial charge < -0.3 is 24.5 Å². The maximum Gasteiger partial charge on any atom is 0.254 e. The van der Waals surface area contributed by atoms with Gasteiger partial charge in [-0.25, -0.2) is 4.98 Å². The van der Waals surface area contributed by atoms with Crippen molar-refractivity contribution >= 4 is 16.9 Å². The van der Waals surface area contributed by atoms with Gasteiger partial charge in [-0.05, 0) is 55.7 Å². The van der Waals surface area contributed by atoms with Crippen LogP contribution in [0.15, 0.2) is 35.1 Å². The quantitative estimate of drug-likeness (QED) is 0.648. The van der Waals surface area contributed by atoms with Gasteiger partial charge in [0.15, 0.2) is 5.82 Å². The molecule has 3 fully saturated rings. The molecule has 1 saturated heterocycles. The summed E-state index contributed by atoms with van der Waals surface area (Å²) in [5.74, 6) is 2.22. The number of ether oxygens (including phenoxy) is 1. The van der Waals surface area contributed by atoms with Crippen LogP contribution < -0.4 is 16.0 Å². The molecule has 3 atom stereocenters. The zero-order valence-electron chi connectivity index (χ0n) is 19.0. The highest BCUT2D eigenvalue weighted by Gasteiger charge is 2.47. The number of carbonyl (C=O) groups is 1. The summed E-state index contributed by atoms with van der Waals surface area (Å²) < 4.78 is 9.47. The first kappa shape index (κ1) is 20.5. The van der Waals surface area contributed by atoms with Crippen LogP contribution in [0.4, 0.5) is 0 Å². The third-order valence-electron chi connectivity index (χ3n) is 7.73. The van der Waals surface area contributed by atoms with Gasteiger partial charge in [0.25, 0.3) is 11.5 Å². The van der Waals surface area contributed by atoms with Crippen LogP contribution in [0.1, 0.15) is 36.0 Å². The van der Waals surface area contributed by atoms with E-state index in [2.05, 4.69) is 0 Å². The fourth-order valence-corrected chi connectivity index (χ4v) is 5.73. The van der Waals surface area contributed by atoms with Gasteiger partial charge >= 0.3 is 0 Å². The Labute approximate surface area is 192 Å². The van der Waals surface area contributed by atoms with E-state index in [1.807, 2.05) is 33.2 Å². The Balaban J connectivity index is 1.44. The van der Waals surface area contributed by atoms with Gasteiger partial charge in [-0.1, -0.05) is 6.07 Å². The number of fused-ring (bicyclic) bond motifs is 3. The van der Waals surface area contributed by atoms with Gasteiger partial charge in [-0.3, -0.25) is 9.59 Å². The van der Waals surface area contributed by atoms with Crippen molar-refractivity contribution in [1.82, 2.24) is 19.0 Å². The molecule has 172 valence electrons. The van der Waals surface area contributed by atoms with Crippen molar-refractivity contribution in [3.05, 3.63) is 46.2 Å².